The van der Waals surface area contributed by atoms with Crippen molar-refractivity contribution in [2.45, 2.75) is 27.2 Å². The van der Waals surface area contributed by atoms with E-state index in [-0.39, 0.29) is 18.4 Å². The number of hydrogen-bond donors (Lipinski definition) is 1. The molecule has 1 atom stereocenters. The summed E-state index contributed by atoms with van der Waals surface area (Å²) >= 11 is 1.37. The van der Waals surface area contributed by atoms with Gasteiger partial charge >= 0.3 is 5.97 Å². The van der Waals surface area contributed by atoms with Crippen molar-refractivity contribution < 1.29 is 14.7 Å². The minimum atomic E-state index is -0.851. The molecule has 1 N–H and O–H groups in total. The molecule has 5 nitrogen and oxygen atoms in total. The Morgan fingerprint density at radius 3 is 2.52 bits per heavy atom. The van der Waals surface area contributed by atoms with E-state index in [0.717, 1.165) is 10.6 Å². The molecule has 0 spiro atoms. The molecule has 0 radical (unpaired) electrons. The molecule has 2 heterocycles. The molecule has 25 heavy (non-hydrogen) atoms. The first kappa shape index (κ1) is 17.6. The summed E-state index contributed by atoms with van der Waals surface area (Å²) in [5.41, 5.74) is 0.834. The van der Waals surface area contributed by atoms with E-state index in [1.54, 1.807) is 4.90 Å². The number of aromatic nitrogens is 1. The average Bonchev–Trinajstić information content (AvgIpc) is 3.20. The normalized spacial score (nSPS) is 20.2. The van der Waals surface area contributed by atoms with E-state index < -0.39 is 11.4 Å². The van der Waals surface area contributed by atoms with Gasteiger partial charge in [-0.3, -0.25) is 9.59 Å². The van der Waals surface area contributed by atoms with E-state index in [9.17, 15) is 14.7 Å². The van der Waals surface area contributed by atoms with Crippen LogP contribution in [0, 0.1) is 18.3 Å². The van der Waals surface area contributed by atoms with E-state index in [2.05, 4.69) is 4.98 Å². The molecule has 1 aromatic carbocycles. The number of aliphatic carboxylic acids is 1. The van der Waals surface area contributed by atoms with Gasteiger partial charge in [0.25, 0.3) is 5.91 Å². The summed E-state index contributed by atoms with van der Waals surface area (Å²) in [7, 11) is 0. The Morgan fingerprint density at radius 2 is 1.96 bits per heavy atom. The number of carboxylic acids is 1. The molecule has 0 saturated carbocycles. The third-order valence-corrected chi connectivity index (χ3v) is 6.33. The Balaban J connectivity index is 1.85. The smallest absolute Gasteiger partial charge is 0.311 e. The molecule has 3 rings (SSSR count). The molecular weight excluding hydrogens is 336 g/mol. The van der Waals surface area contributed by atoms with Crippen molar-refractivity contribution in [2.75, 3.05) is 13.1 Å². The third-order valence-electron chi connectivity index (χ3n) is 5.13. The lowest BCUT2D eigenvalue weighted by Crippen LogP contribution is -2.40. The maximum absolute atomic E-state index is 12.9. The van der Waals surface area contributed by atoms with Gasteiger partial charge in [0.2, 0.25) is 0 Å². The predicted octanol–water partition coefficient (Wildman–Crippen LogP) is 3.69. The van der Waals surface area contributed by atoms with Crippen molar-refractivity contribution >= 4 is 23.2 Å². The van der Waals surface area contributed by atoms with Crippen LogP contribution in [-0.2, 0) is 4.79 Å². The number of rotatable bonds is 4. The monoisotopic (exact) mass is 358 g/mol. The van der Waals surface area contributed by atoms with Gasteiger partial charge < -0.3 is 10.0 Å². The molecule has 1 aliphatic heterocycles. The van der Waals surface area contributed by atoms with Gasteiger partial charge in [-0.1, -0.05) is 44.2 Å². The Bertz CT molecular complexity index is 800. The number of carbonyl (C=O) groups is 2. The van der Waals surface area contributed by atoms with Gasteiger partial charge in [-0.2, -0.15) is 0 Å². The highest BCUT2D eigenvalue weighted by molar-refractivity contribution is 7.17. The number of carbonyl (C=O) groups excluding carboxylic acids is 1. The molecule has 2 aromatic rings. The highest BCUT2D eigenvalue weighted by Gasteiger charge is 2.48. The molecule has 1 aliphatic rings. The molecule has 132 valence electrons. The number of nitrogens with zero attached hydrogens (tertiary/aromatic N) is 2. The van der Waals surface area contributed by atoms with Gasteiger partial charge in [0.05, 0.1) is 11.1 Å². The topological polar surface area (TPSA) is 70.5 Å². The summed E-state index contributed by atoms with van der Waals surface area (Å²) in [5, 5.41) is 10.5. The summed E-state index contributed by atoms with van der Waals surface area (Å²) in [4.78, 5) is 31.5. The summed E-state index contributed by atoms with van der Waals surface area (Å²) in [6.45, 7) is 6.39. The summed E-state index contributed by atoms with van der Waals surface area (Å²) in [6.07, 6.45) is 0.495. The zero-order valence-corrected chi connectivity index (χ0v) is 15.5. The lowest BCUT2D eigenvalue weighted by molar-refractivity contribution is -0.150. The fourth-order valence-electron chi connectivity index (χ4n) is 3.34. The van der Waals surface area contributed by atoms with Gasteiger partial charge in [-0.05, 0) is 19.3 Å². The van der Waals surface area contributed by atoms with Crippen molar-refractivity contribution in [3.63, 3.8) is 0 Å². The SMILES string of the molecule is Cc1nc(-c2ccccc2)sc1C(=O)N1CCC(C(=O)O)(C(C)C)C1. The van der Waals surface area contributed by atoms with Crippen molar-refractivity contribution in [3.05, 3.63) is 40.9 Å². The van der Waals surface area contributed by atoms with Gasteiger partial charge in [0.15, 0.2) is 0 Å². The molecule has 1 fully saturated rings. The van der Waals surface area contributed by atoms with E-state index in [0.29, 0.717) is 23.5 Å². The Hall–Kier alpha value is -2.21. The van der Waals surface area contributed by atoms with Crippen LogP contribution in [0.5, 0.6) is 0 Å². The zero-order valence-electron chi connectivity index (χ0n) is 14.7. The standard InChI is InChI=1S/C19H22N2O3S/c1-12(2)19(18(23)24)9-10-21(11-19)17(22)15-13(3)20-16(25-15)14-7-5-4-6-8-14/h4-8,12H,9-11H2,1-3H3,(H,23,24). The van der Waals surface area contributed by atoms with Crippen LogP contribution in [0.4, 0.5) is 0 Å². The molecule has 1 unspecified atom stereocenters. The van der Waals surface area contributed by atoms with Crippen LogP contribution in [0.1, 0.15) is 35.6 Å². The average molecular weight is 358 g/mol. The molecular formula is C19H22N2O3S. The maximum atomic E-state index is 12.9. The van der Waals surface area contributed by atoms with Crippen LogP contribution in [0.2, 0.25) is 0 Å². The first-order valence-electron chi connectivity index (χ1n) is 8.40. The zero-order chi connectivity index (χ0) is 18.2. The summed E-state index contributed by atoms with van der Waals surface area (Å²) in [5.74, 6) is -0.949. The van der Waals surface area contributed by atoms with Crippen molar-refractivity contribution in [2.24, 2.45) is 11.3 Å². The van der Waals surface area contributed by atoms with E-state index in [1.807, 2.05) is 51.1 Å². The molecule has 0 aliphatic carbocycles. The highest BCUT2D eigenvalue weighted by Crippen LogP contribution is 2.39. The number of benzene rings is 1. The lowest BCUT2D eigenvalue weighted by atomic mass is 9.76. The van der Waals surface area contributed by atoms with Crippen LogP contribution < -0.4 is 0 Å². The predicted molar refractivity (Wildman–Crippen MR) is 97.7 cm³/mol. The first-order chi connectivity index (χ1) is 11.8. The van der Waals surface area contributed by atoms with E-state index >= 15 is 0 Å². The second kappa shape index (κ2) is 6.59. The number of aryl methyl sites for hydroxylation is 1. The maximum Gasteiger partial charge on any atom is 0.311 e. The molecule has 0 bridgehead atoms. The minimum absolute atomic E-state index is 0.0229. The number of likely N-dealkylation sites (tertiary alicyclic amines) is 1. The number of carboxylic acid groups (broad SMARTS) is 1. The van der Waals surface area contributed by atoms with Crippen molar-refractivity contribution in [1.82, 2.24) is 9.88 Å². The Kier molecular flexibility index (Phi) is 4.64. The van der Waals surface area contributed by atoms with Crippen molar-refractivity contribution in [1.29, 1.82) is 0 Å². The van der Waals surface area contributed by atoms with Crippen LogP contribution in [0.3, 0.4) is 0 Å². The van der Waals surface area contributed by atoms with Crippen LogP contribution >= 0.6 is 11.3 Å². The van der Waals surface area contributed by atoms with Crippen LogP contribution in [-0.4, -0.2) is 40.0 Å². The molecule has 1 amide bonds. The fraction of sp³-hybridized carbons (Fsp3) is 0.421. The van der Waals surface area contributed by atoms with Crippen molar-refractivity contribution in [3.8, 4) is 10.6 Å². The van der Waals surface area contributed by atoms with Crippen LogP contribution in [0.25, 0.3) is 10.6 Å². The first-order valence-corrected chi connectivity index (χ1v) is 9.22. The highest BCUT2D eigenvalue weighted by atomic mass is 32.1. The van der Waals surface area contributed by atoms with Gasteiger partial charge in [0.1, 0.15) is 9.88 Å². The Labute approximate surface area is 151 Å². The molecule has 6 heteroatoms. The Morgan fingerprint density at radius 1 is 1.28 bits per heavy atom. The minimum Gasteiger partial charge on any atom is -0.481 e. The summed E-state index contributed by atoms with van der Waals surface area (Å²) in [6, 6.07) is 9.76. The van der Waals surface area contributed by atoms with E-state index in [4.69, 9.17) is 0 Å². The van der Waals surface area contributed by atoms with Gasteiger partial charge in [-0.15, -0.1) is 11.3 Å². The number of amides is 1. The molecule has 1 saturated heterocycles. The third kappa shape index (κ3) is 3.06. The van der Waals surface area contributed by atoms with Gasteiger partial charge in [-0.25, -0.2) is 4.98 Å². The largest absolute Gasteiger partial charge is 0.481 e. The number of thiazole rings is 1. The quantitative estimate of drug-likeness (QED) is 0.905. The number of hydrogen-bond acceptors (Lipinski definition) is 4. The second-order valence-electron chi connectivity index (χ2n) is 6.89. The molecule has 1 aromatic heterocycles. The second-order valence-corrected chi connectivity index (χ2v) is 7.89. The summed E-state index contributed by atoms with van der Waals surface area (Å²) < 4.78 is 0. The van der Waals surface area contributed by atoms with Gasteiger partial charge in [0, 0.05) is 18.7 Å². The fourth-order valence-corrected chi connectivity index (χ4v) is 4.38. The van der Waals surface area contributed by atoms with Crippen LogP contribution in [0.15, 0.2) is 30.3 Å². The van der Waals surface area contributed by atoms with E-state index in [1.165, 1.54) is 11.3 Å². The lowest BCUT2D eigenvalue weighted by Gasteiger charge is -2.28.